The second-order valence-electron chi connectivity index (χ2n) is 5.08. The topological polar surface area (TPSA) is 61.4 Å². The van der Waals surface area contributed by atoms with Crippen LogP contribution in [0.15, 0.2) is 0 Å². The van der Waals surface area contributed by atoms with Gasteiger partial charge in [-0.15, -0.1) is 12.4 Å². The van der Waals surface area contributed by atoms with E-state index in [1.807, 2.05) is 0 Å². The third-order valence-corrected chi connectivity index (χ3v) is 3.35. The Labute approximate surface area is 114 Å². The van der Waals surface area contributed by atoms with E-state index in [1.165, 1.54) is 0 Å². The summed E-state index contributed by atoms with van der Waals surface area (Å²) in [5.74, 6) is 0.0951. The molecule has 0 bridgehead atoms. The molecule has 2 rings (SSSR count). The summed E-state index contributed by atoms with van der Waals surface area (Å²) in [5.41, 5.74) is 0. The Morgan fingerprint density at radius 2 is 2.06 bits per heavy atom. The number of hydrogen-bond donors (Lipinski definition) is 2. The number of carbonyl (C=O) groups excluding carboxylic acids is 2. The fraction of sp³-hybridized carbons (Fsp3) is 0.833. The van der Waals surface area contributed by atoms with Gasteiger partial charge in [0.15, 0.2) is 0 Å². The molecule has 0 aromatic carbocycles. The number of likely N-dealkylation sites (N-methyl/N-ethyl adjacent to an activating group) is 1. The summed E-state index contributed by atoms with van der Waals surface area (Å²) in [4.78, 5) is 25.2. The Hall–Kier alpha value is -0.810. The summed E-state index contributed by atoms with van der Waals surface area (Å²) in [6.07, 6.45) is 4.13. The molecule has 2 amide bonds. The lowest BCUT2D eigenvalue weighted by Crippen LogP contribution is -2.45. The van der Waals surface area contributed by atoms with E-state index in [1.54, 1.807) is 11.9 Å². The SMILES string of the molecule is CN(CC(=O)NC1CC1)C(=O)C1CCCNC1.Cl. The van der Waals surface area contributed by atoms with Crippen molar-refractivity contribution in [1.82, 2.24) is 15.5 Å². The summed E-state index contributed by atoms with van der Waals surface area (Å²) in [7, 11) is 1.71. The van der Waals surface area contributed by atoms with Crippen LogP contribution in [0.2, 0.25) is 0 Å². The Kier molecular flexibility index (Phi) is 5.88. The highest BCUT2D eigenvalue weighted by Crippen LogP contribution is 2.18. The smallest absolute Gasteiger partial charge is 0.239 e. The maximum Gasteiger partial charge on any atom is 0.239 e. The van der Waals surface area contributed by atoms with Gasteiger partial charge in [0.1, 0.15) is 0 Å². The second-order valence-corrected chi connectivity index (χ2v) is 5.08. The van der Waals surface area contributed by atoms with Gasteiger partial charge in [-0.25, -0.2) is 0 Å². The van der Waals surface area contributed by atoms with Crippen LogP contribution in [0.1, 0.15) is 25.7 Å². The van der Waals surface area contributed by atoms with Gasteiger partial charge in [-0.05, 0) is 32.2 Å². The molecule has 1 saturated carbocycles. The fourth-order valence-electron chi connectivity index (χ4n) is 2.17. The maximum atomic E-state index is 12.0. The van der Waals surface area contributed by atoms with Gasteiger partial charge in [0.25, 0.3) is 0 Å². The number of hydrogen-bond acceptors (Lipinski definition) is 3. The van der Waals surface area contributed by atoms with E-state index < -0.39 is 0 Å². The summed E-state index contributed by atoms with van der Waals surface area (Å²) in [6.45, 7) is 1.93. The highest BCUT2D eigenvalue weighted by molar-refractivity contribution is 5.86. The monoisotopic (exact) mass is 275 g/mol. The third kappa shape index (κ3) is 4.46. The van der Waals surface area contributed by atoms with E-state index in [9.17, 15) is 9.59 Å². The number of piperidine rings is 1. The van der Waals surface area contributed by atoms with Gasteiger partial charge in [-0.1, -0.05) is 0 Å². The molecule has 1 saturated heterocycles. The van der Waals surface area contributed by atoms with Crippen molar-refractivity contribution in [3.8, 4) is 0 Å². The van der Waals surface area contributed by atoms with Crippen molar-refractivity contribution in [3.05, 3.63) is 0 Å². The summed E-state index contributed by atoms with van der Waals surface area (Å²) in [6, 6.07) is 0.363. The van der Waals surface area contributed by atoms with Gasteiger partial charge >= 0.3 is 0 Å². The van der Waals surface area contributed by atoms with E-state index in [0.717, 1.165) is 38.8 Å². The summed E-state index contributed by atoms with van der Waals surface area (Å²) < 4.78 is 0. The van der Waals surface area contributed by atoms with Crippen molar-refractivity contribution in [2.24, 2.45) is 5.92 Å². The van der Waals surface area contributed by atoms with Crippen LogP contribution in [0.4, 0.5) is 0 Å². The number of carbonyl (C=O) groups is 2. The lowest BCUT2D eigenvalue weighted by molar-refractivity contribution is -0.138. The first kappa shape index (κ1) is 15.2. The molecule has 0 aromatic rings. The number of amides is 2. The van der Waals surface area contributed by atoms with Crippen LogP contribution in [0, 0.1) is 5.92 Å². The first-order chi connectivity index (χ1) is 8.16. The van der Waals surface area contributed by atoms with E-state index in [0.29, 0.717) is 6.04 Å². The molecular weight excluding hydrogens is 254 g/mol. The lowest BCUT2D eigenvalue weighted by atomic mass is 9.98. The van der Waals surface area contributed by atoms with Gasteiger partial charge in [-0.2, -0.15) is 0 Å². The second kappa shape index (κ2) is 6.95. The van der Waals surface area contributed by atoms with Gasteiger partial charge in [-0.3, -0.25) is 9.59 Å². The van der Waals surface area contributed by atoms with Gasteiger partial charge in [0.05, 0.1) is 12.5 Å². The first-order valence-electron chi connectivity index (χ1n) is 6.42. The molecule has 1 unspecified atom stereocenters. The van der Waals surface area contributed by atoms with Crippen LogP contribution in [0.25, 0.3) is 0 Å². The molecule has 0 aromatic heterocycles. The molecule has 2 aliphatic rings. The maximum absolute atomic E-state index is 12.0. The van der Waals surface area contributed by atoms with E-state index >= 15 is 0 Å². The molecule has 0 spiro atoms. The normalized spacial score (nSPS) is 22.8. The van der Waals surface area contributed by atoms with Crippen LogP contribution in [0.3, 0.4) is 0 Å². The van der Waals surface area contributed by atoms with Crippen molar-refractivity contribution in [2.45, 2.75) is 31.7 Å². The molecule has 6 heteroatoms. The number of nitrogens with one attached hydrogen (secondary N) is 2. The van der Waals surface area contributed by atoms with Crippen LogP contribution >= 0.6 is 12.4 Å². The molecule has 1 aliphatic heterocycles. The molecule has 1 aliphatic carbocycles. The predicted octanol–water partition coefficient (Wildman–Crippen LogP) is 0.145. The van der Waals surface area contributed by atoms with E-state index in [-0.39, 0.29) is 36.7 Å². The minimum atomic E-state index is -0.0351. The molecule has 1 atom stereocenters. The minimum absolute atomic E-state index is 0. The molecule has 0 radical (unpaired) electrons. The Bertz CT molecular complexity index is 302. The van der Waals surface area contributed by atoms with Crippen molar-refractivity contribution in [1.29, 1.82) is 0 Å². The summed E-state index contributed by atoms with van der Waals surface area (Å²) >= 11 is 0. The molecule has 18 heavy (non-hydrogen) atoms. The summed E-state index contributed by atoms with van der Waals surface area (Å²) in [5, 5.41) is 6.11. The third-order valence-electron chi connectivity index (χ3n) is 3.35. The molecule has 2 fully saturated rings. The van der Waals surface area contributed by atoms with Gasteiger partial charge < -0.3 is 15.5 Å². The zero-order valence-electron chi connectivity index (χ0n) is 10.8. The van der Waals surface area contributed by atoms with Crippen LogP contribution < -0.4 is 10.6 Å². The van der Waals surface area contributed by atoms with E-state index in [2.05, 4.69) is 10.6 Å². The first-order valence-corrected chi connectivity index (χ1v) is 6.42. The Morgan fingerprint density at radius 1 is 1.33 bits per heavy atom. The average Bonchev–Trinajstić information content (AvgIpc) is 3.12. The number of halogens is 1. The van der Waals surface area contributed by atoms with Gasteiger partial charge in [0.2, 0.25) is 11.8 Å². The molecule has 2 N–H and O–H groups in total. The number of nitrogens with zero attached hydrogens (tertiary/aromatic N) is 1. The Morgan fingerprint density at radius 3 is 2.61 bits per heavy atom. The highest BCUT2D eigenvalue weighted by atomic mass is 35.5. The standard InChI is InChI=1S/C12H21N3O2.ClH/c1-15(8-11(16)14-10-4-5-10)12(17)9-3-2-6-13-7-9;/h9-10,13H,2-8H2,1H3,(H,14,16);1H. The fourth-order valence-corrected chi connectivity index (χ4v) is 2.17. The van der Waals surface area contributed by atoms with Crippen LogP contribution in [-0.2, 0) is 9.59 Å². The lowest BCUT2D eigenvalue weighted by Gasteiger charge is -2.26. The van der Waals surface area contributed by atoms with Gasteiger partial charge in [0, 0.05) is 19.6 Å². The molecule has 104 valence electrons. The zero-order chi connectivity index (χ0) is 12.3. The largest absolute Gasteiger partial charge is 0.352 e. The van der Waals surface area contributed by atoms with Crippen molar-refractivity contribution in [3.63, 3.8) is 0 Å². The average molecular weight is 276 g/mol. The van der Waals surface area contributed by atoms with E-state index in [4.69, 9.17) is 0 Å². The molecular formula is C12H22ClN3O2. The number of rotatable bonds is 4. The molecule has 1 heterocycles. The molecule has 5 nitrogen and oxygen atoms in total. The highest BCUT2D eigenvalue weighted by Gasteiger charge is 2.27. The minimum Gasteiger partial charge on any atom is -0.352 e. The zero-order valence-corrected chi connectivity index (χ0v) is 11.6. The van der Waals surface area contributed by atoms with Crippen LogP contribution in [-0.4, -0.2) is 49.4 Å². The van der Waals surface area contributed by atoms with Crippen LogP contribution in [0.5, 0.6) is 0 Å². The van der Waals surface area contributed by atoms with Crippen molar-refractivity contribution < 1.29 is 9.59 Å². The van der Waals surface area contributed by atoms with Crippen molar-refractivity contribution >= 4 is 24.2 Å². The predicted molar refractivity (Wildman–Crippen MR) is 71.6 cm³/mol. The Balaban J connectivity index is 0.00000162. The van der Waals surface area contributed by atoms with Crippen molar-refractivity contribution in [2.75, 3.05) is 26.7 Å². The quantitative estimate of drug-likeness (QED) is 0.768.